The molecule has 1 N–H and O–H groups in total. The quantitative estimate of drug-likeness (QED) is 0.130. The number of rotatable bonds is 9. The average Bonchev–Trinajstić information content (AvgIpc) is 3.83. The van der Waals surface area contributed by atoms with Crippen molar-refractivity contribution >= 4 is 17.0 Å². The van der Waals surface area contributed by atoms with E-state index in [0.717, 1.165) is 12.1 Å². The fraction of sp³-hybridized carbons (Fsp3) is 0.229. The van der Waals surface area contributed by atoms with Gasteiger partial charge in [-0.15, -0.1) is 5.10 Å². The van der Waals surface area contributed by atoms with Crippen LogP contribution >= 0.6 is 0 Å². The number of carboxylic acid groups (broad SMARTS) is 1. The maximum atomic E-state index is 15.8. The van der Waals surface area contributed by atoms with E-state index in [9.17, 15) is 14.3 Å². The van der Waals surface area contributed by atoms with Crippen LogP contribution in [0.15, 0.2) is 67.0 Å². The topological polar surface area (TPSA) is 117 Å². The predicted octanol–water partition coefficient (Wildman–Crippen LogP) is 6.84. The number of pyridine rings is 1. The molecule has 15 heteroatoms. The Labute approximate surface area is 280 Å². The van der Waals surface area contributed by atoms with Crippen LogP contribution < -0.4 is 4.74 Å². The molecule has 6 aromatic rings. The van der Waals surface area contributed by atoms with Crippen LogP contribution in [0, 0.1) is 34.5 Å². The van der Waals surface area contributed by atoms with Crippen LogP contribution in [-0.4, -0.2) is 53.8 Å². The number of ether oxygens (including phenoxy) is 2. The van der Waals surface area contributed by atoms with E-state index in [-0.39, 0.29) is 52.8 Å². The number of nitrogens with zero attached hydrogens (tertiary/aromatic N) is 6. The Hall–Kier alpha value is -5.70. The largest absolute Gasteiger partial charge is 0.478 e. The van der Waals surface area contributed by atoms with E-state index in [1.807, 2.05) is 13.8 Å². The van der Waals surface area contributed by atoms with Crippen LogP contribution in [0.25, 0.3) is 28.0 Å². The lowest BCUT2D eigenvalue weighted by atomic mass is 9.87. The summed E-state index contributed by atoms with van der Waals surface area (Å²) in [6.45, 7) is 3.97. The first kappa shape index (κ1) is 32.8. The number of imidazole rings is 1. The molecule has 0 amide bonds. The minimum atomic E-state index is -1.50. The molecule has 0 unspecified atom stereocenters. The van der Waals surface area contributed by atoms with Gasteiger partial charge in [-0.25, -0.2) is 41.4 Å². The molecule has 1 saturated heterocycles. The molecule has 0 radical (unpaired) electrons. The van der Waals surface area contributed by atoms with Gasteiger partial charge in [0.15, 0.2) is 17.5 Å². The molecule has 1 aliphatic rings. The predicted molar refractivity (Wildman–Crippen MR) is 168 cm³/mol. The zero-order valence-corrected chi connectivity index (χ0v) is 26.5. The molecule has 1 atom stereocenters. The Morgan fingerprint density at radius 1 is 1.00 bits per heavy atom. The maximum absolute atomic E-state index is 15.8. The number of hydrogen-bond donors (Lipinski definition) is 1. The minimum Gasteiger partial charge on any atom is -0.478 e. The summed E-state index contributed by atoms with van der Waals surface area (Å²) in [7, 11) is 0. The Balaban J connectivity index is 1.19. The second kappa shape index (κ2) is 12.6. The normalized spacial score (nSPS) is 15.5. The number of aromatic carboxylic acids is 1. The van der Waals surface area contributed by atoms with Crippen molar-refractivity contribution in [3.63, 3.8) is 0 Å². The third-order valence-electron chi connectivity index (χ3n) is 8.72. The number of carbonyl (C=O) groups is 1. The summed E-state index contributed by atoms with van der Waals surface area (Å²) in [5.74, 6) is -6.96. The molecule has 1 aliphatic heterocycles. The van der Waals surface area contributed by atoms with Gasteiger partial charge in [-0.05, 0) is 30.3 Å². The van der Waals surface area contributed by atoms with E-state index in [1.165, 1.54) is 51.8 Å². The molecule has 3 aromatic carbocycles. The van der Waals surface area contributed by atoms with E-state index >= 15 is 17.6 Å². The molecule has 10 nitrogen and oxygen atoms in total. The number of benzene rings is 3. The van der Waals surface area contributed by atoms with Gasteiger partial charge in [0.1, 0.15) is 29.6 Å². The molecular formula is C35H27F5N6O4. The molecule has 0 aliphatic carbocycles. The van der Waals surface area contributed by atoms with E-state index in [0.29, 0.717) is 12.3 Å². The molecule has 50 heavy (non-hydrogen) atoms. The summed E-state index contributed by atoms with van der Waals surface area (Å²) in [6, 6.07) is 10.9. The highest BCUT2D eigenvalue weighted by Crippen LogP contribution is 2.41. The summed E-state index contributed by atoms with van der Waals surface area (Å²) < 4.78 is 91.3. The Morgan fingerprint density at radius 2 is 1.82 bits per heavy atom. The Bertz CT molecular complexity index is 2270. The highest BCUT2D eigenvalue weighted by molar-refractivity contribution is 5.93. The van der Waals surface area contributed by atoms with Gasteiger partial charge in [0.2, 0.25) is 5.88 Å². The Morgan fingerprint density at radius 3 is 2.52 bits per heavy atom. The van der Waals surface area contributed by atoms with Gasteiger partial charge in [-0.2, -0.15) is 0 Å². The van der Waals surface area contributed by atoms with Gasteiger partial charge in [-0.1, -0.05) is 31.2 Å². The molecule has 3 aromatic heterocycles. The first-order chi connectivity index (χ1) is 23.9. The number of hydrogen-bond acceptors (Lipinski definition) is 7. The summed E-state index contributed by atoms with van der Waals surface area (Å²) in [5.41, 5.74) is -1.65. The maximum Gasteiger partial charge on any atom is 0.335 e. The van der Waals surface area contributed by atoms with Crippen LogP contribution in [0.2, 0.25) is 0 Å². The number of fused-ring (bicyclic) bond motifs is 1. The molecule has 0 saturated carbocycles. The zero-order chi connectivity index (χ0) is 35.3. The fourth-order valence-corrected chi connectivity index (χ4v) is 6.05. The molecule has 0 spiro atoms. The van der Waals surface area contributed by atoms with Crippen LogP contribution in [0.3, 0.4) is 0 Å². The van der Waals surface area contributed by atoms with Gasteiger partial charge < -0.3 is 19.1 Å². The molecule has 7 rings (SSSR count). The molecule has 4 heterocycles. The Kier molecular flexibility index (Phi) is 8.30. The SMILES string of the molecule is CC1(C)COC[C@H]1n1c(Cc2c(F)cc(-c3cccc(OCc4ccc(-n5ccnn5)cc4F)n3)c(F)c2F)nc2c(F)cc(C(=O)O)cc21. The number of aromatic nitrogens is 6. The monoisotopic (exact) mass is 690 g/mol. The van der Waals surface area contributed by atoms with Crippen molar-refractivity contribution < 1.29 is 41.3 Å². The van der Waals surface area contributed by atoms with Crippen molar-refractivity contribution in [2.45, 2.75) is 32.9 Å². The molecule has 256 valence electrons. The number of halogens is 5. The minimum absolute atomic E-state index is 0.00922. The molecule has 0 bridgehead atoms. The van der Waals surface area contributed by atoms with Crippen LogP contribution in [0.1, 0.15) is 47.2 Å². The van der Waals surface area contributed by atoms with Crippen LogP contribution in [0.5, 0.6) is 5.88 Å². The van der Waals surface area contributed by atoms with Gasteiger partial charge in [0, 0.05) is 40.7 Å². The van der Waals surface area contributed by atoms with E-state index < -0.39 is 64.1 Å². The second-order valence-electron chi connectivity index (χ2n) is 12.5. The summed E-state index contributed by atoms with van der Waals surface area (Å²) in [5, 5.41) is 17.1. The summed E-state index contributed by atoms with van der Waals surface area (Å²) in [4.78, 5) is 20.2. The van der Waals surface area contributed by atoms with Crippen LogP contribution in [-0.2, 0) is 17.8 Å². The average molecular weight is 691 g/mol. The van der Waals surface area contributed by atoms with Crippen molar-refractivity contribution in [3.8, 4) is 22.8 Å². The smallest absolute Gasteiger partial charge is 0.335 e. The third-order valence-corrected chi connectivity index (χ3v) is 8.72. The lowest BCUT2D eigenvalue weighted by Crippen LogP contribution is -2.27. The lowest BCUT2D eigenvalue weighted by molar-refractivity contribution is 0.0696. The van der Waals surface area contributed by atoms with Crippen molar-refractivity contribution in [2.75, 3.05) is 13.2 Å². The van der Waals surface area contributed by atoms with Gasteiger partial charge in [-0.3, -0.25) is 0 Å². The first-order valence-electron chi connectivity index (χ1n) is 15.3. The van der Waals surface area contributed by atoms with Crippen molar-refractivity contribution in [2.24, 2.45) is 5.41 Å². The second-order valence-corrected chi connectivity index (χ2v) is 12.5. The van der Waals surface area contributed by atoms with Gasteiger partial charge in [0.05, 0.1) is 54.1 Å². The summed E-state index contributed by atoms with van der Waals surface area (Å²) >= 11 is 0. The van der Waals surface area contributed by atoms with Gasteiger partial charge >= 0.3 is 5.97 Å². The highest BCUT2D eigenvalue weighted by atomic mass is 19.2. The number of carboxylic acids is 1. The molecular weight excluding hydrogens is 663 g/mol. The highest BCUT2D eigenvalue weighted by Gasteiger charge is 2.39. The van der Waals surface area contributed by atoms with E-state index in [1.54, 1.807) is 12.3 Å². The zero-order valence-electron chi connectivity index (χ0n) is 26.5. The lowest BCUT2D eigenvalue weighted by Gasteiger charge is -2.28. The van der Waals surface area contributed by atoms with Gasteiger partial charge in [0.25, 0.3) is 0 Å². The van der Waals surface area contributed by atoms with Crippen molar-refractivity contribution in [1.29, 1.82) is 0 Å². The molecule has 1 fully saturated rings. The summed E-state index contributed by atoms with van der Waals surface area (Å²) in [6.07, 6.45) is 2.42. The van der Waals surface area contributed by atoms with Crippen LogP contribution in [0.4, 0.5) is 22.0 Å². The third kappa shape index (κ3) is 5.93. The fourth-order valence-electron chi connectivity index (χ4n) is 6.05. The van der Waals surface area contributed by atoms with Crippen molar-refractivity contribution in [3.05, 3.63) is 119 Å². The van der Waals surface area contributed by atoms with E-state index in [2.05, 4.69) is 20.3 Å². The standard InChI is InChI=1S/C35H27F5N6O4/c1-35(2)17-49-16-28(35)46-27-11-19(34(47)48)10-25(38)33(27)43-29(46)14-21-24(37)13-22(32(40)31(21)39)26-4-3-5-30(42-26)50-15-18-6-7-20(12-23(18)36)45-9-8-41-44-45/h3-13,28H,14-17H2,1-2H3,(H,47,48)/t28-/m1/s1. The first-order valence-corrected chi connectivity index (χ1v) is 15.3. The van der Waals surface area contributed by atoms with E-state index in [4.69, 9.17) is 9.47 Å². The van der Waals surface area contributed by atoms with Crippen molar-refractivity contribution in [1.82, 2.24) is 29.5 Å².